The molecule has 0 saturated heterocycles. The lowest BCUT2D eigenvalue weighted by Gasteiger charge is -2.17. The molecule has 1 aliphatic carbocycles. The second-order valence-electron chi connectivity index (χ2n) is 3.33. The number of aliphatic hydroxyl groups is 1. The summed E-state index contributed by atoms with van der Waals surface area (Å²) in [4.78, 5) is 0. The van der Waals surface area contributed by atoms with Crippen LogP contribution in [0, 0.1) is 0 Å². The SMILES string of the molecule is CCn1ncc2c1CC[C@H](O)C2. The normalized spacial score (nSPS) is 22.3. The Morgan fingerprint density at radius 3 is 3.33 bits per heavy atom. The van der Waals surface area contributed by atoms with Crippen molar-refractivity contribution in [2.45, 2.75) is 38.8 Å². The maximum absolute atomic E-state index is 9.40. The van der Waals surface area contributed by atoms with Crippen LogP contribution >= 0.6 is 0 Å². The van der Waals surface area contributed by atoms with Gasteiger partial charge in [-0.2, -0.15) is 5.10 Å². The molecule has 1 N–H and O–H groups in total. The summed E-state index contributed by atoms with van der Waals surface area (Å²) < 4.78 is 2.03. The largest absolute Gasteiger partial charge is 0.393 e. The highest BCUT2D eigenvalue weighted by atomic mass is 16.3. The van der Waals surface area contributed by atoms with Crippen molar-refractivity contribution in [3.8, 4) is 0 Å². The Bertz CT molecular complexity index is 280. The first-order valence-corrected chi connectivity index (χ1v) is 4.53. The minimum absolute atomic E-state index is 0.146. The van der Waals surface area contributed by atoms with Crippen molar-refractivity contribution in [1.29, 1.82) is 0 Å². The fraction of sp³-hybridized carbons (Fsp3) is 0.667. The summed E-state index contributed by atoms with van der Waals surface area (Å²) in [5.74, 6) is 0. The molecule has 3 nitrogen and oxygen atoms in total. The van der Waals surface area contributed by atoms with Gasteiger partial charge in [0.1, 0.15) is 0 Å². The zero-order valence-corrected chi connectivity index (χ0v) is 7.32. The van der Waals surface area contributed by atoms with E-state index in [1.54, 1.807) is 0 Å². The van der Waals surface area contributed by atoms with Crippen LogP contribution in [0.5, 0.6) is 0 Å². The van der Waals surface area contributed by atoms with E-state index in [2.05, 4.69) is 12.0 Å². The number of aryl methyl sites for hydroxylation is 1. The van der Waals surface area contributed by atoms with Crippen molar-refractivity contribution in [3.05, 3.63) is 17.5 Å². The summed E-state index contributed by atoms with van der Waals surface area (Å²) in [6.45, 7) is 3.03. The topological polar surface area (TPSA) is 38.0 Å². The van der Waals surface area contributed by atoms with Gasteiger partial charge in [0.2, 0.25) is 0 Å². The fourth-order valence-electron chi connectivity index (χ4n) is 1.84. The highest BCUT2D eigenvalue weighted by Gasteiger charge is 2.19. The lowest BCUT2D eigenvalue weighted by atomic mass is 9.96. The van der Waals surface area contributed by atoms with E-state index in [0.717, 1.165) is 25.8 Å². The van der Waals surface area contributed by atoms with Crippen LogP contribution in [0.15, 0.2) is 6.20 Å². The van der Waals surface area contributed by atoms with Crippen molar-refractivity contribution in [1.82, 2.24) is 9.78 Å². The maximum Gasteiger partial charge on any atom is 0.0585 e. The molecule has 1 atom stereocenters. The minimum atomic E-state index is -0.146. The van der Waals surface area contributed by atoms with E-state index < -0.39 is 0 Å². The summed E-state index contributed by atoms with van der Waals surface area (Å²) in [6, 6.07) is 0. The number of aliphatic hydroxyl groups excluding tert-OH is 1. The third-order valence-corrected chi connectivity index (χ3v) is 2.50. The van der Waals surface area contributed by atoms with Gasteiger partial charge in [0.25, 0.3) is 0 Å². The summed E-state index contributed by atoms with van der Waals surface area (Å²) in [7, 11) is 0. The zero-order valence-electron chi connectivity index (χ0n) is 7.32. The van der Waals surface area contributed by atoms with Crippen molar-refractivity contribution >= 4 is 0 Å². The molecule has 0 aromatic carbocycles. The van der Waals surface area contributed by atoms with Crippen molar-refractivity contribution < 1.29 is 5.11 Å². The van der Waals surface area contributed by atoms with Crippen LogP contribution in [0.1, 0.15) is 24.6 Å². The van der Waals surface area contributed by atoms with Crippen molar-refractivity contribution in [3.63, 3.8) is 0 Å². The van der Waals surface area contributed by atoms with E-state index in [1.165, 1.54) is 11.3 Å². The molecule has 1 heterocycles. The molecule has 0 radical (unpaired) electrons. The Balaban J connectivity index is 2.32. The van der Waals surface area contributed by atoms with Gasteiger partial charge >= 0.3 is 0 Å². The number of hydrogen-bond acceptors (Lipinski definition) is 2. The summed E-state index contributed by atoms with van der Waals surface area (Å²) >= 11 is 0. The number of rotatable bonds is 1. The van der Waals surface area contributed by atoms with E-state index in [0.29, 0.717) is 0 Å². The fourth-order valence-corrected chi connectivity index (χ4v) is 1.84. The molecule has 0 saturated carbocycles. The summed E-state index contributed by atoms with van der Waals surface area (Å²) in [5, 5.41) is 13.7. The molecule has 0 spiro atoms. The molecule has 1 aliphatic rings. The first-order chi connectivity index (χ1) is 5.81. The van der Waals surface area contributed by atoms with Gasteiger partial charge in [-0.1, -0.05) is 0 Å². The Hall–Kier alpha value is -0.830. The molecule has 1 aromatic heterocycles. The molecular formula is C9H14N2O. The van der Waals surface area contributed by atoms with Gasteiger partial charge < -0.3 is 5.11 Å². The van der Waals surface area contributed by atoms with Gasteiger partial charge in [-0.3, -0.25) is 4.68 Å². The Kier molecular flexibility index (Phi) is 1.89. The van der Waals surface area contributed by atoms with Gasteiger partial charge in [0, 0.05) is 18.7 Å². The van der Waals surface area contributed by atoms with Crippen LogP contribution in [0.4, 0.5) is 0 Å². The first kappa shape index (κ1) is 7.80. The predicted octanol–water partition coefficient (Wildman–Crippen LogP) is 0.753. The van der Waals surface area contributed by atoms with Crippen LogP contribution in [0.2, 0.25) is 0 Å². The molecule has 0 bridgehead atoms. The molecule has 1 aromatic rings. The lowest BCUT2D eigenvalue weighted by Crippen LogP contribution is -2.19. The second-order valence-corrected chi connectivity index (χ2v) is 3.33. The highest BCUT2D eigenvalue weighted by molar-refractivity contribution is 5.21. The number of hydrogen-bond donors (Lipinski definition) is 1. The van der Waals surface area contributed by atoms with Crippen molar-refractivity contribution in [2.24, 2.45) is 0 Å². The Labute approximate surface area is 72.0 Å². The molecule has 12 heavy (non-hydrogen) atoms. The average Bonchev–Trinajstić information content (AvgIpc) is 2.46. The molecule has 66 valence electrons. The van der Waals surface area contributed by atoms with Crippen LogP contribution in [0.25, 0.3) is 0 Å². The van der Waals surface area contributed by atoms with E-state index in [1.807, 2.05) is 10.9 Å². The molecule has 0 amide bonds. The Morgan fingerprint density at radius 1 is 1.75 bits per heavy atom. The predicted molar refractivity (Wildman–Crippen MR) is 45.9 cm³/mol. The molecule has 0 fully saturated rings. The molecule has 0 unspecified atom stereocenters. The molecule has 2 rings (SSSR count). The highest BCUT2D eigenvalue weighted by Crippen LogP contribution is 2.20. The zero-order chi connectivity index (χ0) is 8.55. The first-order valence-electron chi connectivity index (χ1n) is 4.53. The van der Waals surface area contributed by atoms with Gasteiger partial charge in [-0.15, -0.1) is 0 Å². The average molecular weight is 166 g/mol. The maximum atomic E-state index is 9.40. The van der Waals surface area contributed by atoms with E-state index >= 15 is 0 Å². The molecular weight excluding hydrogens is 152 g/mol. The standard InChI is InChI=1S/C9H14N2O/c1-2-11-9-4-3-8(12)5-7(9)6-10-11/h6,8,12H,2-5H2,1H3/t8-/m0/s1. The van der Waals surface area contributed by atoms with Crippen LogP contribution in [-0.4, -0.2) is 21.0 Å². The molecule has 3 heteroatoms. The smallest absolute Gasteiger partial charge is 0.0585 e. The monoisotopic (exact) mass is 166 g/mol. The number of aromatic nitrogens is 2. The number of fused-ring (bicyclic) bond motifs is 1. The number of nitrogens with zero attached hydrogens (tertiary/aromatic N) is 2. The van der Waals surface area contributed by atoms with Crippen LogP contribution in [-0.2, 0) is 19.4 Å². The van der Waals surface area contributed by atoms with Gasteiger partial charge in [0.15, 0.2) is 0 Å². The summed E-state index contributed by atoms with van der Waals surface area (Å²) in [6.07, 6.45) is 4.39. The third-order valence-electron chi connectivity index (χ3n) is 2.50. The van der Waals surface area contributed by atoms with Crippen LogP contribution in [0.3, 0.4) is 0 Å². The lowest BCUT2D eigenvalue weighted by molar-refractivity contribution is 0.157. The van der Waals surface area contributed by atoms with Crippen LogP contribution < -0.4 is 0 Å². The van der Waals surface area contributed by atoms with Gasteiger partial charge in [-0.25, -0.2) is 0 Å². The second kappa shape index (κ2) is 2.90. The third kappa shape index (κ3) is 1.14. The van der Waals surface area contributed by atoms with Gasteiger partial charge in [0.05, 0.1) is 12.3 Å². The Morgan fingerprint density at radius 2 is 2.58 bits per heavy atom. The summed E-state index contributed by atoms with van der Waals surface area (Å²) in [5.41, 5.74) is 2.55. The van der Waals surface area contributed by atoms with Crippen molar-refractivity contribution in [2.75, 3.05) is 0 Å². The van der Waals surface area contributed by atoms with E-state index in [-0.39, 0.29) is 6.10 Å². The minimum Gasteiger partial charge on any atom is -0.393 e. The van der Waals surface area contributed by atoms with E-state index in [4.69, 9.17) is 0 Å². The molecule has 0 aliphatic heterocycles. The van der Waals surface area contributed by atoms with E-state index in [9.17, 15) is 5.11 Å². The van der Waals surface area contributed by atoms with Gasteiger partial charge in [-0.05, 0) is 25.3 Å². The quantitative estimate of drug-likeness (QED) is 0.668.